The van der Waals surface area contributed by atoms with E-state index < -0.39 is 91.9 Å². The third-order valence-corrected chi connectivity index (χ3v) is 12.0. The fraction of sp³-hybridized carbons (Fsp3) is 0.286. The van der Waals surface area contributed by atoms with Gasteiger partial charge in [-0.15, -0.1) is 0 Å². The Labute approximate surface area is 420 Å². The van der Waals surface area contributed by atoms with Crippen LogP contribution in [0.5, 0.6) is 11.5 Å². The number of methoxy groups -OCH3 is 2. The maximum atomic E-state index is 14.2. The number of esters is 4. The van der Waals surface area contributed by atoms with Crippen LogP contribution in [0.1, 0.15) is 52.6 Å². The molecule has 0 unspecified atom stereocenters. The molecule has 2 heterocycles. The van der Waals surface area contributed by atoms with Gasteiger partial charge in [0.15, 0.2) is 30.9 Å². The van der Waals surface area contributed by atoms with Gasteiger partial charge in [-0.1, -0.05) is 97.1 Å². The first kappa shape index (κ1) is 51.9. The Kier molecular flexibility index (Phi) is 17.9. The van der Waals surface area contributed by atoms with Gasteiger partial charge < -0.3 is 62.3 Å². The summed E-state index contributed by atoms with van der Waals surface area (Å²) in [7, 11) is 3.08. The molecule has 0 saturated carbocycles. The van der Waals surface area contributed by atoms with E-state index in [9.17, 15) is 29.4 Å². The molecule has 6 aromatic carbocycles. The second-order valence-electron chi connectivity index (χ2n) is 16.9. The number of aliphatic hydroxyl groups excluding tert-OH is 2. The van der Waals surface area contributed by atoms with Crippen LogP contribution >= 0.6 is 0 Å². The predicted octanol–water partition coefficient (Wildman–Crippen LogP) is 6.53. The van der Waals surface area contributed by atoms with Gasteiger partial charge in [-0.2, -0.15) is 0 Å². The number of ether oxygens (including phenoxy) is 11. The fourth-order valence-electron chi connectivity index (χ4n) is 8.10. The van der Waals surface area contributed by atoms with Crippen LogP contribution in [0.15, 0.2) is 170 Å². The largest absolute Gasteiger partial charge is 0.497 e. The quantitative estimate of drug-likeness (QED) is 0.0615. The lowest BCUT2D eigenvalue weighted by Gasteiger charge is -2.48. The van der Waals surface area contributed by atoms with Crippen molar-refractivity contribution >= 4 is 23.9 Å². The average molecular weight is 999 g/mol. The van der Waals surface area contributed by atoms with Crippen molar-refractivity contribution in [3.05, 3.63) is 203 Å². The summed E-state index contributed by atoms with van der Waals surface area (Å²) in [5.41, 5.74) is 1.85. The lowest BCUT2D eigenvalue weighted by molar-refractivity contribution is -0.359. The fourth-order valence-corrected chi connectivity index (χ4v) is 8.10. The van der Waals surface area contributed by atoms with Gasteiger partial charge in [-0.05, 0) is 83.9 Å². The minimum Gasteiger partial charge on any atom is -0.497 e. The van der Waals surface area contributed by atoms with Crippen LogP contribution in [0.4, 0.5) is 0 Å². The van der Waals surface area contributed by atoms with Gasteiger partial charge in [-0.3, -0.25) is 0 Å². The van der Waals surface area contributed by atoms with Gasteiger partial charge in [0.1, 0.15) is 48.6 Å². The molecule has 0 bridgehead atoms. The number of benzene rings is 6. The van der Waals surface area contributed by atoms with Gasteiger partial charge in [-0.25, -0.2) is 19.2 Å². The highest BCUT2D eigenvalue weighted by Gasteiger charge is 2.56. The maximum Gasteiger partial charge on any atom is 0.338 e. The van der Waals surface area contributed by atoms with Gasteiger partial charge in [0, 0.05) is 0 Å². The number of carbonyl (C=O) groups excluding carboxylic acids is 4. The molecule has 2 N–H and O–H groups in total. The molecule has 17 heteroatoms. The molecule has 2 aliphatic heterocycles. The van der Waals surface area contributed by atoms with Crippen LogP contribution in [0.25, 0.3) is 0 Å². The van der Waals surface area contributed by atoms with E-state index in [2.05, 4.69) is 0 Å². The van der Waals surface area contributed by atoms with Crippen LogP contribution in [0.2, 0.25) is 0 Å². The SMILES string of the molecule is COc1ccc(COC[C@H]2O[C@@H](O)[C@H](OCc3ccc(OC)cc3)[C@@H](O[C@@H]3O[C@H](COC(=O)c4ccccc4)[C@H](OC(=O)c4ccccc4)[C@H](OC(=O)c4ccccc4)[C@H]3OC(=O)c3ccccc3)[C@H]2O)cc1. The molecule has 0 aromatic heterocycles. The minimum atomic E-state index is -1.87. The van der Waals surface area contributed by atoms with Crippen molar-refractivity contribution in [2.24, 2.45) is 0 Å². The molecule has 17 nitrogen and oxygen atoms in total. The first-order valence-electron chi connectivity index (χ1n) is 23.4. The Morgan fingerprint density at radius 3 is 1.37 bits per heavy atom. The summed E-state index contributed by atoms with van der Waals surface area (Å²) >= 11 is 0. The molecule has 2 fully saturated rings. The lowest BCUT2D eigenvalue weighted by Crippen LogP contribution is -2.66. The van der Waals surface area contributed by atoms with Crippen molar-refractivity contribution in [2.75, 3.05) is 27.4 Å². The predicted molar refractivity (Wildman–Crippen MR) is 258 cm³/mol. The highest BCUT2D eigenvalue weighted by atomic mass is 16.8. The van der Waals surface area contributed by atoms with E-state index in [1.54, 1.807) is 128 Å². The number of aliphatic hydroxyl groups is 2. The lowest BCUT2D eigenvalue weighted by atomic mass is 9.96. The third-order valence-electron chi connectivity index (χ3n) is 12.0. The first-order chi connectivity index (χ1) is 35.6. The van der Waals surface area contributed by atoms with Crippen LogP contribution in [-0.4, -0.2) is 123 Å². The van der Waals surface area contributed by atoms with Crippen molar-refractivity contribution < 1.29 is 81.5 Å². The zero-order valence-corrected chi connectivity index (χ0v) is 39.8. The highest BCUT2D eigenvalue weighted by molar-refractivity contribution is 5.91. The molecule has 0 amide bonds. The summed E-state index contributed by atoms with van der Waals surface area (Å²) in [5, 5.41) is 24.1. The van der Waals surface area contributed by atoms with Crippen LogP contribution < -0.4 is 9.47 Å². The number of hydrogen-bond donors (Lipinski definition) is 2. The van der Waals surface area contributed by atoms with Crippen molar-refractivity contribution in [3.8, 4) is 11.5 Å². The number of rotatable bonds is 20. The van der Waals surface area contributed by atoms with E-state index in [0.29, 0.717) is 17.1 Å². The Balaban J connectivity index is 1.18. The van der Waals surface area contributed by atoms with E-state index in [0.717, 1.165) is 5.56 Å². The smallest absolute Gasteiger partial charge is 0.338 e. The number of carbonyl (C=O) groups is 4. The van der Waals surface area contributed by atoms with Crippen molar-refractivity contribution in [3.63, 3.8) is 0 Å². The van der Waals surface area contributed by atoms with Crippen LogP contribution in [-0.2, 0) is 55.8 Å². The molecule has 0 spiro atoms. The second kappa shape index (κ2) is 25.3. The average Bonchev–Trinajstić information content (AvgIpc) is 3.43. The molecular weight excluding hydrogens is 945 g/mol. The summed E-state index contributed by atoms with van der Waals surface area (Å²) in [6.45, 7) is -0.956. The summed E-state index contributed by atoms with van der Waals surface area (Å²) in [5.74, 6) is -2.30. The van der Waals surface area contributed by atoms with Gasteiger partial charge in [0.05, 0.1) is 56.3 Å². The Morgan fingerprint density at radius 1 is 0.452 bits per heavy atom. The van der Waals surface area contributed by atoms with Crippen molar-refractivity contribution in [2.45, 2.75) is 74.6 Å². The monoisotopic (exact) mass is 998 g/mol. The molecule has 2 saturated heterocycles. The Hall–Kier alpha value is -7.48. The minimum absolute atomic E-state index is 0.0717. The molecule has 6 aromatic rings. The van der Waals surface area contributed by atoms with E-state index >= 15 is 0 Å². The summed E-state index contributed by atoms with van der Waals surface area (Å²) in [4.78, 5) is 56.1. The number of hydrogen-bond acceptors (Lipinski definition) is 17. The van der Waals surface area contributed by atoms with E-state index in [1.807, 2.05) is 0 Å². The molecule has 2 aliphatic rings. The van der Waals surface area contributed by atoms with Crippen molar-refractivity contribution in [1.82, 2.24) is 0 Å². The van der Waals surface area contributed by atoms with E-state index in [-0.39, 0.29) is 42.1 Å². The normalized spacial score (nSPS) is 23.6. The van der Waals surface area contributed by atoms with E-state index in [1.165, 1.54) is 55.6 Å². The molecule has 0 aliphatic carbocycles. The van der Waals surface area contributed by atoms with Gasteiger partial charge in [0.25, 0.3) is 0 Å². The topological polar surface area (TPSA) is 210 Å². The standard InChI is InChI=1S/C56H54O17/c1-63-41-27-23-35(24-28-41)31-65-33-43-45(57)47(49(55(62)68-43)66-32-36-25-29-42(64-2)30-26-36)73-56-50(72-54(61)40-21-13-6-14-22-40)48(71-53(60)39-19-11-5-12-20-39)46(70-52(59)38-17-9-4-10-18-38)44(69-56)34-67-51(58)37-15-7-3-8-16-37/h3-30,43-50,55-57,62H,31-34H2,1-2H3/t43-,44-,45+,46+,47+,48+,49-,50-,55-,56+/m1/s1. The Bertz CT molecular complexity index is 2690. The molecule has 380 valence electrons. The van der Waals surface area contributed by atoms with E-state index in [4.69, 9.17) is 52.1 Å². The zero-order chi connectivity index (χ0) is 51.1. The van der Waals surface area contributed by atoms with Gasteiger partial charge in [0.2, 0.25) is 0 Å². The molecule has 73 heavy (non-hydrogen) atoms. The van der Waals surface area contributed by atoms with Crippen molar-refractivity contribution in [1.29, 1.82) is 0 Å². The Morgan fingerprint density at radius 2 is 0.890 bits per heavy atom. The summed E-state index contributed by atoms with van der Waals surface area (Å²) in [6.07, 6.45) is -16.5. The zero-order valence-electron chi connectivity index (χ0n) is 39.8. The molecular formula is C56H54O17. The summed E-state index contributed by atoms with van der Waals surface area (Å²) < 4.78 is 66.6. The molecule has 10 atom stereocenters. The molecule has 0 radical (unpaired) electrons. The molecule has 8 rings (SSSR count). The highest BCUT2D eigenvalue weighted by Crippen LogP contribution is 2.36. The van der Waals surface area contributed by atoms with Crippen LogP contribution in [0, 0.1) is 0 Å². The summed E-state index contributed by atoms with van der Waals surface area (Å²) in [6, 6.07) is 45.9. The first-order valence-corrected chi connectivity index (χ1v) is 23.4. The maximum absolute atomic E-state index is 14.2. The third kappa shape index (κ3) is 13.5. The van der Waals surface area contributed by atoms with Gasteiger partial charge >= 0.3 is 23.9 Å². The van der Waals surface area contributed by atoms with Crippen LogP contribution in [0.3, 0.4) is 0 Å². The second-order valence-corrected chi connectivity index (χ2v) is 16.9.